The SMILES string of the molecule is CCOC(=O)c1cnc2n(c1=O)C(C)CCC2(CO)CO. The number of nitrogens with zero attached hydrogens (tertiary/aromatic N) is 2. The van der Waals surface area contributed by atoms with Crippen LogP contribution in [-0.4, -0.2) is 45.6 Å². The Morgan fingerprint density at radius 1 is 1.52 bits per heavy atom. The fourth-order valence-corrected chi connectivity index (χ4v) is 2.69. The third-order valence-electron chi connectivity index (χ3n) is 4.05. The lowest BCUT2D eigenvalue weighted by molar-refractivity contribution is 0.0518. The van der Waals surface area contributed by atoms with Crippen molar-refractivity contribution in [1.29, 1.82) is 0 Å². The molecular weight excluding hydrogens is 276 g/mol. The van der Waals surface area contributed by atoms with Crippen LogP contribution in [0.15, 0.2) is 11.0 Å². The number of rotatable bonds is 4. The molecule has 21 heavy (non-hydrogen) atoms. The number of carbonyl (C=O) groups is 1. The van der Waals surface area contributed by atoms with Crippen molar-refractivity contribution >= 4 is 5.97 Å². The quantitative estimate of drug-likeness (QED) is 0.758. The molecule has 0 bridgehead atoms. The molecule has 0 spiro atoms. The van der Waals surface area contributed by atoms with Crippen LogP contribution < -0.4 is 5.56 Å². The Labute approximate surface area is 122 Å². The van der Waals surface area contributed by atoms with Crippen molar-refractivity contribution in [1.82, 2.24) is 9.55 Å². The van der Waals surface area contributed by atoms with E-state index in [0.29, 0.717) is 18.7 Å². The van der Waals surface area contributed by atoms with Gasteiger partial charge in [0.05, 0.1) is 25.2 Å². The summed E-state index contributed by atoms with van der Waals surface area (Å²) in [7, 11) is 0. The molecule has 2 N–H and O–H groups in total. The highest BCUT2D eigenvalue weighted by Gasteiger charge is 2.41. The Hall–Kier alpha value is -1.73. The van der Waals surface area contributed by atoms with E-state index in [0.717, 1.165) is 0 Å². The highest BCUT2D eigenvalue weighted by molar-refractivity contribution is 5.88. The third kappa shape index (κ3) is 2.47. The number of esters is 1. The van der Waals surface area contributed by atoms with E-state index in [4.69, 9.17) is 4.74 Å². The van der Waals surface area contributed by atoms with E-state index in [-0.39, 0.29) is 31.4 Å². The zero-order chi connectivity index (χ0) is 15.6. The zero-order valence-corrected chi connectivity index (χ0v) is 12.2. The molecule has 0 amide bonds. The van der Waals surface area contributed by atoms with Gasteiger partial charge in [-0.05, 0) is 26.7 Å². The van der Waals surface area contributed by atoms with Crippen LogP contribution in [0.25, 0.3) is 0 Å². The monoisotopic (exact) mass is 296 g/mol. The normalized spacial score (nSPS) is 19.9. The molecule has 116 valence electrons. The van der Waals surface area contributed by atoms with Crippen molar-refractivity contribution < 1.29 is 19.7 Å². The van der Waals surface area contributed by atoms with Crippen molar-refractivity contribution in [2.24, 2.45) is 0 Å². The Morgan fingerprint density at radius 2 is 2.19 bits per heavy atom. The van der Waals surface area contributed by atoms with Gasteiger partial charge in [-0.25, -0.2) is 9.78 Å². The van der Waals surface area contributed by atoms with Gasteiger partial charge in [-0.3, -0.25) is 9.36 Å². The standard InChI is InChI=1S/C14H20N2O5/c1-3-21-12(20)10-6-15-13-14(7-17,8-18)5-4-9(2)16(13)11(10)19/h6,9,17-18H,3-5,7-8H2,1-2H3. The van der Waals surface area contributed by atoms with E-state index in [9.17, 15) is 19.8 Å². The summed E-state index contributed by atoms with van der Waals surface area (Å²) in [5.41, 5.74) is -1.56. The smallest absolute Gasteiger partial charge is 0.345 e. The summed E-state index contributed by atoms with van der Waals surface area (Å²) >= 11 is 0. The van der Waals surface area contributed by atoms with E-state index < -0.39 is 16.9 Å². The highest BCUT2D eigenvalue weighted by atomic mass is 16.5. The van der Waals surface area contributed by atoms with Crippen LogP contribution in [0.4, 0.5) is 0 Å². The van der Waals surface area contributed by atoms with Crippen molar-refractivity contribution in [3.05, 3.63) is 27.9 Å². The minimum absolute atomic E-state index is 0.126. The van der Waals surface area contributed by atoms with E-state index in [1.807, 2.05) is 6.92 Å². The van der Waals surface area contributed by atoms with Gasteiger partial charge in [0.15, 0.2) is 0 Å². The molecule has 0 aromatic carbocycles. The van der Waals surface area contributed by atoms with Crippen LogP contribution in [0.3, 0.4) is 0 Å². The molecule has 7 nitrogen and oxygen atoms in total. The molecule has 1 aliphatic rings. The number of ether oxygens (including phenoxy) is 1. The van der Waals surface area contributed by atoms with Gasteiger partial charge in [0.25, 0.3) is 5.56 Å². The first-order chi connectivity index (χ1) is 10.0. The summed E-state index contributed by atoms with van der Waals surface area (Å²) in [5, 5.41) is 19.2. The van der Waals surface area contributed by atoms with Gasteiger partial charge in [-0.1, -0.05) is 0 Å². The number of fused-ring (bicyclic) bond motifs is 1. The predicted molar refractivity (Wildman–Crippen MR) is 74.2 cm³/mol. The molecule has 1 atom stereocenters. The van der Waals surface area contributed by atoms with Crippen LogP contribution in [0.1, 0.15) is 48.9 Å². The molecule has 0 radical (unpaired) electrons. The summed E-state index contributed by atoms with van der Waals surface area (Å²) in [4.78, 5) is 28.5. The number of hydrogen-bond acceptors (Lipinski definition) is 6. The van der Waals surface area contributed by atoms with E-state index in [1.54, 1.807) is 6.92 Å². The second-order valence-corrected chi connectivity index (χ2v) is 5.38. The second kappa shape index (κ2) is 5.95. The number of carbonyl (C=O) groups excluding carboxylic acids is 1. The van der Waals surface area contributed by atoms with Crippen molar-refractivity contribution in [2.45, 2.75) is 38.1 Å². The van der Waals surface area contributed by atoms with Gasteiger partial charge in [0, 0.05) is 12.2 Å². The average molecular weight is 296 g/mol. The van der Waals surface area contributed by atoms with Crippen molar-refractivity contribution in [3.8, 4) is 0 Å². The van der Waals surface area contributed by atoms with E-state index in [1.165, 1.54) is 10.8 Å². The maximum atomic E-state index is 12.5. The van der Waals surface area contributed by atoms with Crippen LogP contribution in [0, 0.1) is 0 Å². The van der Waals surface area contributed by atoms with E-state index in [2.05, 4.69) is 4.98 Å². The fourth-order valence-electron chi connectivity index (χ4n) is 2.69. The molecule has 2 heterocycles. The van der Waals surface area contributed by atoms with Gasteiger partial charge in [0.1, 0.15) is 11.4 Å². The Kier molecular flexibility index (Phi) is 4.43. The Bertz CT molecular complexity index is 592. The molecule has 7 heteroatoms. The van der Waals surface area contributed by atoms with Crippen LogP contribution >= 0.6 is 0 Å². The summed E-state index contributed by atoms with van der Waals surface area (Å²) < 4.78 is 6.24. The summed E-state index contributed by atoms with van der Waals surface area (Å²) in [6.45, 7) is 3.07. The summed E-state index contributed by atoms with van der Waals surface area (Å²) in [6.07, 6.45) is 2.32. The molecular formula is C14H20N2O5. The molecule has 0 fully saturated rings. The molecule has 1 aromatic rings. The van der Waals surface area contributed by atoms with E-state index >= 15 is 0 Å². The summed E-state index contributed by atoms with van der Waals surface area (Å²) in [5.74, 6) is -0.383. The maximum Gasteiger partial charge on any atom is 0.345 e. The molecule has 0 saturated carbocycles. The Morgan fingerprint density at radius 3 is 2.76 bits per heavy atom. The first kappa shape index (κ1) is 15.7. The minimum Gasteiger partial charge on any atom is -0.462 e. The van der Waals surface area contributed by atoms with Crippen molar-refractivity contribution in [2.75, 3.05) is 19.8 Å². The molecule has 2 rings (SSSR count). The highest BCUT2D eigenvalue weighted by Crippen LogP contribution is 2.35. The lowest BCUT2D eigenvalue weighted by Crippen LogP contribution is -2.47. The van der Waals surface area contributed by atoms with Crippen LogP contribution in [0.2, 0.25) is 0 Å². The Balaban J connectivity index is 2.61. The summed E-state index contributed by atoms with van der Waals surface area (Å²) in [6, 6.07) is -0.152. The van der Waals surface area contributed by atoms with Gasteiger partial charge in [-0.15, -0.1) is 0 Å². The largest absolute Gasteiger partial charge is 0.462 e. The number of aliphatic hydroxyl groups is 2. The fraction of sp³-hybridized carbons (Fsp3) is 0.643. The number of aliphatic hydroxyl groups excluding tert-OH is 2. The van der Waals surface area contributed by atoms with Gasteiger partial charge in [0.2, 0.25) is 0 Å². The van der Waals surface area contributed by atoms with Gasteiger partial charge in [-0.2, -0.15) is 0 Å². The van der Waals surface area contributed by atoms with Gasteiger partial charge >= 0.3 is 5.97 Å². The molecule has 1 aliphatic heterocycles. The average Bonchev–Trinajstić information content (AvgIpc) is 2.48. The zero-order valence-electron chi connectivity index (χ0n) is 12.2. The van der Waals surface area contributed by atoms with Crippen LogP contribution in [-0.2, 0) is 10.2 Å². The maximum absolute atomic E-state index is 12.5. The molecule has 0 saturated heterocycles. The second-order valence-electron chi connectivity index (χ2n) is 5.38. The van der Waals surface area contributed by atoms with Crippen LogP contribution in [0.5, 0.6) is 0 Å². The lowest BCUT2D eigenvalue weighted by Gasteiger charge is -2.38. The lowest BCUT2D eigenvalue weighted by atomic mass is 9.79. The first-order valence-corrected chi connectivity index (χ1v) is 7.01. The number of aromatic nitrogens is 2. The first-order valence-electron chi connectivity index (χ1n) is 7.01. The molecule has 0 aliphatic carbocycles. The third-order valence-corrected chi connectivity index (χ3v) is 4.05. The minimum atomic E-state index is -0.946. The number of hydrogen-bond donors (Lipinski definition) is 2. The van der Waals surface area contributed by atoms with Gasteiger partial charge < -0.3 is 14.9 Å². The molecule has 1 aromatic heterocycles. The topological polar surface area (TPSA) is 102 Å². The predicted octanol–water partition coefficient (Wildman–Crippen LogP) is -0.00280. The molecule has 1 unspecified atom stereocenters. The van der Waals surface area contributed by atoms with Crippen molar-refractivity contribution in [3.63, 3.8) is 0 Å².